The second-order valence-electron chi connectivity index (χ2n) is 4.33. The van der Waals surface area contributed by atoms with Crippen LogP contribution in [-0.4, -0.2) is 27.6 Å². The molecule has 0 fully saturated rings. The Hall–Kier alpha value is -2.06. The third-order valence-electron chi connectivity index (χ3n) is 2.62. The zero-order valence-corrected chi connectivity index (χ0v) is 12.7. The third kappa shape index (κ3) is 4.46. The van der Waals surface area contributed by atoms with Crippen molar-refractivity contribution in [3.63, 3.8) is 0 Å². The van der Waals surface area contributed by atoms with Gasteiger partial charge in [-0.3, -0.25) is 4.79 Å². The van der Waals surface area contributed by atoms with Crippen LogP contribution in [0.5, 0.6) is 0 Å². The molecule has 5 nitrogen and oxygen atoms in total. The molecule has 0 saturated carbocycles. The number of nitrogens with one attached hydrogen (secondary N) is 1. The zero-order valence-electron chi connectivity index (χ0n) is 11.2. The number of hydrogen-bond acceptors (Lipinski definition) is 4. The van der Waals surface area contributed by atoms with Crippen molar-refractivity contribution >= 4 is 35.1 Å². The minimum absolute atomic E-state index is 0.132. The number of rotatable bonds is 4. The van der Waals surface area contributed by atoms with E-state index in [1.54, 1.807) is 0 Å². The van der Waals surface area contributed by atoms with Gasteiger partial charge in [0.25, 0.3) is 0 Å². The van der Waals surface area contributed by atoms with Crippen molar-refractivity contribution < 1.29 is 23.1 Å². The van der Waals surface area contributed by atoms with Crippen LogP contribution in [0.25, 0.3) is 11.3 Å². The first kappa shape index (κ1) is 17.3. The topological polar surface area (TPSA) is 75.1 Å². The first-order valence-electron chi connectivity index (χ1n) is 6.04. The Bertz CT molecular complexity index is 754. The van der Waals surface area contributed by atoms with E-state index in [0.717, 1.165) is 0 Å². The van der Waals surface area contributed by atoms with E-state index in [0.29, 0.717) is 6.07 Å². The van der Waals surface area contributed by atoms with Crippen LogP contribution in [0.3, 0.4) is 0 Å². The van der Waals surface area contributed by atoms with Crippen molar-refractivity contribution in [2.75, 3.05) is 11.9 Å². The van der Waals surface area contributed by atoms with Crippen molar-refractivity contribution in [3.8, 4) is 11.3 Å². The fourth-order valence-electron chi connectivity index (χ4n) is 1.66. The van der Waals surface area contributed by atoms with E-state index in [-0.39, 0.29) is 21.3 Å². The third-order valence-corrected chi connectivity index (χ3v) is 3.18. The van der Waals surface area contributed by atoms with Gasteiger partial charge in [0.1, 0.15) is 6.54 Å². The van der Waals surface area contributed by atoms with E-state index in [1.165, 1.54) is 18.2 Å². The molecule has 1 aromatic heterocycles. The predicted octanol–water partition coefficient (Wildman–Crippen LogP) is 3.97. The molecule has 2 rings (SSSR count). The lowest BCUT2D eigenvalue weighted by atomic mass is 10.1. The summed E-state index contributed by atoms with van der Waals surface area (Å²) in [6.07, 6.45) is -4.73. The molecule has 0 aliphatic carbocycles. The van der Waals surface area contributed by atoms with E-state index in [9.17, 15) is 18.0 Å². The summed E-state index contributed by atoms with van der Waals surface area (Å²) in [5.74, 6) is -1.75. The number of halogens is 5. The molecule has 0 radical (unpaired) electrons. The standard InChI is InChI=1S/C13H8Cl2F3N3O2/c14-6-1-2-8(15)7(3-6)9-4-10(13(16,17)18)21-12(20-9)19-5-11(22)23/h1-4H,5H2,(H,22,23)(H,19,20,21). The van der Waals surface area contributed by atoms with Gasteiger partial charge in [-0.05, 0) is 24.3 Å². The van der Waals surface area contributed by atoms with Gasteiger partial charge < -0.3 is 10.4 Å². The lowest BCUT2D eigenvalue weighted by Crippen LogP contribution is -2.17. The Morgan fingerprint density at radius 1 is 1.22 bits per heavy atom. The molecule has 0 amide bonds. The largest absolute Gasteiger partial charge is 0.480 e. The zero-order chi connectivity index (χ0) is 17.2. The molecule has 0 unspecified atom stereocenters. The lowest BCUT2D eigenvalue weighted by Gasteiger charge is -2.12. The van der Waals surface area contributed by atoms with Gasteiger partial charge in [-0.2, -0.15) is 13.2 Å². The van der Waals surface area contributed by atoms with Gasteiger partial charge >= 0.3 is 12.1 Å². The molecule has 0 aliphatic heterocycles. The molecule has 0 bridgehead atoms. The maximum absolute atomic E-state index is 12.9. The minimum atomic E-state index is -4.73. The Labute approximate surface area is 138 Å². The molecule has 1 heterocycles. The summed E-state index contributed by atoms with van der Waals surface area (Å²) < 4.78 is 38.8. The molecule has 10 heteroatoms. The summed E-state index contributed by atoms with van der Waals surface area (Å²) in [6, 6.07) is 4.96. The Morgan fingerprint density at radius 2 is 1.91 bits per heavy atom. The smallest absolute Gasteiger partial charge is 0.433 e. The molecule has 0 saturated heterocycles. The Balaban J connectivity index is 2.55. The normalized spacial score (nSPS) is 11.3. The van der Waals surface area contributed by atoms with Crippen LogP contribution < -0.4 is 5.32 Å². The molecule has 2 aromatic rings. The van der Waals surface area contributed by atoms with Crippen LogP contribution in [0, 0.1) is 0 Å². The second kappa shape index (κ2) is 6.59. The summed E-state index contributed by atoms with van der Waals surface area (Å²) in [5.41, 5.74) is -1.19. The lowest BCUT2D eigenvalue weighted by molar-refractivity contribution is -0.141. The fraction of sp³-hybridized carbons (Fsp3) is 0.154. The number of benzene rings is 1. The maximum Gasteiger partial charge on any atom is 0.433 e. The second-order valence-corrected chi connectivity index (χ2v) is 5.17. The Morgan fingerprint density at radius 3 is 2.52 bits per heavy atom. The molecule has 1 aromatic carbocycles. The van der Waals surface area contributed by atoms with Crippen molar-refractivity contribution in [2.24, 2.45) is 0 Å². The molecule has 23 heavy (non-hydrogen) atoms. The summed E-state index contributed by atoms with van der Waals surface area (Å²) >= 11 is 11.8. The van der Waals surface area contributed by atoms with Gasteiger partial charge in [-0.1, -0.05) is 23.2 Å². The highest BCUT2D eigenvalue weighted by Crippen LogP contribution is 2.34. The molecule has 0 spiro atoms. The Kier molecular flexibility index (Phi) is 4.96. The number of carbonyl (C=O) groups is 1. The van der Waals surface area contributed by atoms with E-state index in [2.05, 4.69) is 15.3 Å². The maximum atomic E-state index is 12.9. The first-order chi connectivity index (χ1) is 10.7. The molecule has 0 atom stereocenters. The summed E-state index contributed by atoms with van der Waals surface area (Å²) in [4.78, 5) is 17.7. The number of aliphatic carboxylic acids is 1. The monoisotopic (exact) mass is 365 g/mol. The number of hydrogen-bond donors (Lipinski definition) is 2. The number of aromatic nitrogens is 2. The van der Waals surface area contributed by atoms with Gasteiger partial charge in [0.2, 0.25) is 5.95 Å². The number of carboxylic acids is 1. The number of anilines is 1. The predicted molar refractivity (Wildman–Crippen MR) is 78.6 cm³/mol. The molecular weight excluding hydrogens is 358 g/mol. The number of nitrogens with zero attached hydrogens (tertiary/aromatic N) is 2. The highest BCUT2D eigenvalue weighted by molar-refractivity contribution is 6.35. The SMILES string of the molecule is O=C(O)CNc1nc(-c2cc(Cl)ccc2Cl)cc(C(F)(F)F)n1. The van der Waals surface area contributed by atoms with Crippen LogP contribution >= 0.6 is 23.2 Å². The van der Waals surface area contributed by atoms with Crippen molar-refractivity contribution in [3.05, 3.63) is 40.0 Å². The van der Waals surface area contributed by atoms with E-state index < -0.39 is 30.3 Å². The van der Waals surface area contributed by atoms with Gasteiger partial charge in [0.15, 0.2) is 5.69 Å². The van der Waals surface area contributed by atoms with Crippen LogP contribution in [-0.2, 0) is 11.0 Å². The minimum Gasteiger partial charge on any atom is -0.480 e. The summed E-state index contributed by atoms with van der Waals surface area (Å²) in [6.45, 7) is -0.635. The summed E-state index contributed by atoms with van der Waals surface area (Å²) in [5, 5.41) is 11.2. The highest BCUT2D eigenvalue weighted by atomic mass is 35.5. The van der Waals surface area contributed by atoms with Gasteiger partial charge in [0, 0.05) is 10.6 Å². The molecular formula is C13H8Cl2F3N3O2. The average molecular weight is 366 g/mol. The van der Waals surface area contributed by atoms with E-state index >= 15 is 0 Å². The van der Waals surface area contributed by atoms with Gasteiger partial charge in [0.05, 0.1) is 10.7 Å². The first-order valence-corrected chi connectivity index (χ1v) is 6.80. The van der Waals surface area contributed by atoms with Crippen LogP contribution in [0.2, 0.25) is 10.0 Å². The van der Waals surface area contributed by atoms with Crippen molar-refractivity contribution in [2.45, 2.75) is 6.18 Å². The summed E-state index contributed by atoms with van der Waals surface area (Å²) in [7, 11) is 0. The average Bonchev–Trinajstić information content (AvgIpc) is 2.46. The number of carboxylic acid groups (broad SMARTS) is 1. The van der Waals surface area contributed by atoms with E-state index in [1.807, 2.05) is 0 Å². The van der Waals surface area contributed by atoms with Crippen LogP contribution in [0.1, 0.15) is 5.69 Å². The van der Waals surface area contributed by atoms with Crippen molar-refractivity contribution in [1.82, 2.24) is 9.97 Å². The quantitative estimate of drug-likeness (QED) is 0.857. The van der Waals surface area contributed by atoms with E-state index in [4.69, 9.17) is 28.3 Å². The van der Waals surface area contributed by atoms with Crippen LogP contribution in [0.4, 0.5) is 19.1 Å². The highest BCUT2D eigenvalue weighted by Gasteiger charge is 2.34. The van der Waals surface area contributed by atoms with Gasteiger partial charge in [-0.25, -0.2) is 9.97 Å². The van der Waals surface area contributed by atoms with Crippen LogP contribution in [0.15, 0.2) is 24.3 Å². The molecule has 122 valence electrons. The molecule has 0 aliphatic rings. The fourth-order valence-corrected chi connectivity index (χ4v) is 2.04. The number of alkyl halides is 3. The van der Waals surface area contributed by atoms with Gasteiger partial charge in [-0.15, -0.1) is 0 Å². The molecule has 2 N–H and O–H groups in total. The van der Waals surface area contributed by atoms with Crippen molar-refractivity contribution in [1.29, 1.82) is 0 Å².